The molecule has 1 N–H and O–H groups in total. The highest BCUT2D eigenvalue weighted by Gasteiger charge is 2.16. The molecule has 0 aliphatic carbocycles. The van der Waals surface area contributed by atoms with Gasteiger partial charge in [-0.05, 0) is 42.7 Å². The minimum atomic E-state index is -0.521. The zero-order valence-corrected chi connectivity index (χ0v) is 14.5. The third kappa shape index (κ3) is 3.22. The smallest absolute Gasteiger partial charge is 0.420 e. The fourth-order valence-corrected chi connectivity index (χ4v) is 3.40. The Morgan fingerprint density at radius 1 is 1.27 bits per heavy atom. The normalized spacial score (nSPS) is 14.0. The number of nitrogens with zero attached hydrogens (tertiary/aromatic N) is 1. The third-order valence-electron chi connectivity index (χ3n) is 4.58. The second-order valence-electron chi connectivity index (χ2n) is 6.64. The van der Waals surface area contributed by atoms with Crippen molar-refractivity contribution in [3.63, 3.8) is 0 Å². The molecule has 1 aliphatic heterocycles. The van der Waals surface area contributed by atoms with Crippen LogP contribution in [0, 0.1) is 0 Å². The van der Waals surface area contributed by atoms with E-state index in [1.165, 1.54) is 10.1 Å². The third-order valence-corrected chi connectivity index (χ3v) is 4.58. The molecule has 0 radical (unpaired) electrons. The van der Waals surface area contributed by atoms with Gasteiger partial charge in [-0.2, -0.15) is 0 Å². The van der Waals surface area contributed by atoms with Crippen LogP contribution < -0.4 is 15.8 Å². The molecule has 26 heavy (non-hydrogen) atoms. The van der Waals surface area contributed by atoms with Crippen LogP contribution in [0.5, 0.6) is 5.75 Å². The minimum Gasteiger partial charge on any atom is -0.493 e. The van der Waals surface area contributed by atoms with Gasteiger partial charge in [0.2, 0.25) is 5.91 Å². The molecule has 6 heteroatoms. The summed E-state index contributed by atoms with van der Waals surface area (Å²) in [5.41, 5.74) is 3.49. The SMILES string of the molecule is CC(Cc1ccc2c(c1)CCO2)NC(=O)Cn1c(=O)oc2ccccc21. The largest absolute Gasteiger partial charge is 0.493 e. The number of hydrogen-bond donors (Lipinski definition) is 1. The van der Waals surface area contributed by atoms with Gasteiger partial charge in [-0.15, -0.1) is 0 Å². The molecule has 1 aromatic heterocycles. The van der Waals surface area contributed by atoms with Gasteiger partial charge < -0.3 is 14.5 Å². The fraction of sp³-hybridized carbons (Fsp3) is 0.300. The Labute approximate surface area is 150 Å². The summed E-state index contributed by atoms with van der Waals surface area (Å²) in [4.78, 5) is 24.3. The Balaban J connectivity index is 1.41. The molecule has 0 bridgehead atoms. The molecule has 2 heterocycles. The van der Waals surface area contributed by atoms with Crippen LogP contribution in [-0.2, 0) is 24.2 Å². The van der Waals surface area contributed by atoms with Gasteiger partial charge in [-0.3, -0.25) is 9.36 Å². The second kappa shape index (κ2) is 6.71. The molecule has 134 valence electrons. The number of amides is 1. The number of rotatable bonds is 5. The van der Waals surface area contributed by atoms with Crippen LogP contribution in [0.15, 0.2) is 51.7 Å². The predicted molar refractivity (Wildman–Crippen MR) is 97.4 cm³/mol. The number of carbonyl (C=O) groups excluding carboxylic acids is 1. The molecular formula is C20H20N2O4. The van der Waals surface area contributed by atoms with Gasteiger partial charge in [0.15, 0.2) is 5.58 Å². The van der Waals surface area contributed by atoms with Crippen LogP contribution in [0.2, 0.25) is 0 Å². The standard InChI is InChI=1S/C20H20N2O4/c1-13(10-14-6-7-17-15(11-14)8-9-25-17)21-19(23)12-22-16-4-2-3-5-18(16)26-20(22)24/h2-7,11,13H,8-10,12H2,1H3,(H,21,23). The molecule has 1 unspecified atom stereocenters. The van der Waals surface area contributed by atoms with Crippen LogP contribution in [0.1, 0.15) is 18.1 Å². The summed E-state index contributed by atoms with van der Waals surface area (Å²) in [7, 11) is 0. The Kier molecular flexibility index (Phi) is 4.24. The first-order valence-electron chi connectivity index (χ1n) is 8.72. The maximum absolute atomic E-state index is 12.4. The number of fused-ring (bicyclic) bond motifs is 2. The minimum absolute atomic E-state index is 0.0447. The first-order chi connectivity index (χ1) is 12.6. The number of hydrogen-bond acceptors (Lipinski definition) is 4. The molecule has 2 aromatic carbocycles. The lowest BCUT2D eigenvalue weighted by Crippen LogP contribution is -2.37. The maximum atomic E-state index is 12.4. The van der Waals surface area contributed by atoms with Crippen molar-refractivity contribution in [3.05, 3.63) is 64.1 Å². The number of benzene rings is 2. The van der Waals surface area contributed by atoms with Crippen LogP contribution in [0.25, 0.3) is 11.1 Å². The van der Waals surface area contributed by atoms with E-state index >= 15 is 0 Å². The highest BCUT2D eigenvalue weighted by molar-refractivity contribution is 5.79. The van der Waals surface area contributed by atoms with Gasteiger partial charge >= 0.3 is 5.76 Å². The molecule has 0 saturated carbocycles. The van der Waals surface area contributed by atoms with Crippen molar-refractivity contribution >= 4 is 17.0 Å². The Morgan fingerprint density at radius 3 is 3.00 bits per heavy atom. The van der Waals surface area contributed by atoms with Gasteiger partial charge in [0.05, 0.1) is 12.1 Å². The zero-order chi connectivity index (χ0) is 18.1. The topological polar surface area (TPSA) is 73.5 Å². The van der Waals surface area contributed by atoms with Crippen LogP contribution in [-0.4, -0.2) is 23.1 Å². The lowest BCUT2D eigenvalue weighted by Gasteiger charge is -2.14. The van der Waals surface area contributed by atoms with Crippen LogP contribution >= 0.6 is 0 Å². The van der Waals surface area contributed by atoms with Crippen molar-refractivity contribution in [2.45, 2.75) is 32.4 Å². The van der Waals surface area contributed by atoms with E-state index in [1.807, 2.05) is 25.1 Å². The molecule has 3 aromatic rings. The summed E-state index contributed by atoms with van der Waals surface area (Å²) in [6, 6.07) is 13.2. The maximum Gasteiger partial charge on any atom is 0.420 e. The lowest BCUT2D eigenvalue weighted by molar-refractivity contribution is -0.122. The number of nitrogens with one attached hydrogen (secondary N) is 1. The molecule has 0 fully saturated rings. The van der Waals surface area contributed by atoms with Crippen molar-refractivity contribution in [1.82, 2.24) is 9.88 Å². The predicted octanol–water partition coefficient (Wildman–Crippen LogP) is 2.28. The highest BCUT2D eigenvalue weighted by Crippen LogP contribution is 2.26. The van der Waals surface area contributed by atoms with Crippen molar-refractivity contribution < 1.29 is 13.9 Å². The first kappa shape index (κ1) is 16.4. The van der Waals surface area contributed by atoms with Gasteiger partial charge in [-0.1, -0.05) is 24.3 Å². The molecule has 1 aliphatic rings. The Hall–Kier alpha value is -3.02. The van der Waals surface area contributed by atoms with E-state index in [4.69, 9.17) is 9.15 Å². The molecule has 4 rings (SSSR count). The van der Waals surface area contributed by atoms with E-state index in [0.717, 1.165) is 30.8 Å². The van der Waals surface area contributed by atoms with Gasteiger partial charge in [0, 0.05) is 12.5 Å². The van der Waals surface area contributed by atoms with Crippen LogP contribution in [0.3, 0.4) is 0 Å². The van der Waals surface area contributed by atoms with E-state index in [2.05, 4.69) is 11.4 Å². The van der Waals surface area contributed by atoms with E-state index in [-0.39, 0.29) is 18.5 Å². The quantitative estimate of drug-likeness (QED) is 0.764. The monoisotopic (exact) mass is 352 g/mol. The average molecular weight is 352 g/mol. The van der Waals surface area contributed by atoms with Gasteiger partial charge in [-0.25, -0.2) is 4.79 Å². The van der Waals surface area contributed by atoms with Crippen molar-refractivity contribution in [3.8, 4) is 5.75 Å². The van der Waals surface area contributed by atoms with E-state index in [0.29, 0.717) is 11.1 Å². The lowest BCUT2D eigenvalue weighted by atomic mass is 10.0. The summed E-state index contributed by atoms with van der Waals surface area (Å²) in [6.07, 6.45) is 1.65. The van der Waals surface area contributed by atoms with E-state index in [9.17, 15) is 9.59 Å². The van der Waals surface area contributed by atoms with E-state index < -0.39 is 5.76 Å². The van der Waals surface area contributed by atoms with E-state index in [1.54, 1.807) is 18.2 Å². The first-order valence-corrected chi connectivity index (χ1v) is 8.72. The van der Waals surface area contributed by atoms with Crippen molar-refractivity contribution in [2.24, 2.45) is 0 Å². The summed E-state index contributed by atoms with van der Waals surface area (Å²) in [5.74, 6) is 0.222. The number of oxazole rings is 1. The molecular weight excluding hydrogens is 332 g/mol. The summed E-state index contributed by atoms with van der Waals surface area (Å²) in [5, 5.41) is 2.95. The van der Waals surface area contributed by atoms with Crippen molar-refractivity contribution in [1.29, 1.82) is 0 Å². The molecule has 1 amide bonds. The van der Waals surface area contributed by atoms with Crippen molar-refractivity contribution in [2.75, 3.05) is 6.61 Å². The number of carbonyl (C=O) groups is 1. The Morgan fingerprint density at radius 2 is 2.12 bits per heavy atom. The van der Waals surface area contributed by atoms with Gasteiger partial charge in [0.1, 0.15) is 12.3 Å². The number of ether oxygens (including phenoxy) is 1. The Bertz CT molecular complexity index is 1020. The number of aromatic nitrogens is 1. The molecule has 6 nitrogen and oxygen atoms in total. The summed E-state index contributed by atoms with van der Waals surface area (Å²) in [6.45, 7) is 2.63. The number of para-hydroxylation sites is 2. The molecule has 0 saturated heterocycles. The van der Waals surface area contributed by atoms with Gasteiger partial charge in [0.25, 0.3) is 0 Å². The second-order valence-corrected chi connectivity index (χ2v) is 6.64. The summed E-state index contributed by atoms with van der Waals surface area (Å²) < 4.78 is 12.0. The molecule has 0 spiro atoms. The van der Waals surface area contributed by atoms with Crippen LogP contribution in [0.4, 0.5) is 0 Å². The molecule has 1 atom stereocenters. The zero-order valence-electron chi connectivity index (χ0n) is 14.5. The fourth-order valence-electron chi connectivity index (χ4n) is 3.40. The highest BCUT2D eigenvalue weighted by atomic mass is 16.5. The average Bonchev–Trinajstić information content (AvgIpc) is 3.19. The summed E-state index contributed by atoms with van der Waals surface area (Å²) >= 11 is 0.